The second-order valence-electron chi connectivity index (χ2n) is 6.56. The molecule has 0 aliphatic carbocycles. The van der Waals surface area contributed by atoms with Gasteiger partial charge >= 0.3 is 7.12 Å². The Morgan fingerprint density at radius 2 is 1.75 bits per heavy atom. The summed E-state index contributed by atoms with van der Waals surface area (Å²) in [5, 5.41) is 9.27. The maximum atomic E-state index is 9.27. The fraction of sp³-hybridized carbons (Fsp3) is 0.600. The van der Waals surface area contributed by atoms with Gasteiger partial charge in [0.2, 0.25) is 0 Å². The van der Waals surface area contributed by atoms with Gasteiger partial charge in [-0.1, -0.05) is 13.8 Å². The van der Waals surface area contributed by atoms with Crippen molar-refractivity contribution in [1.82, 2.24) is 4.98 Å². The Morgan fingerprint density at radius 3 is 2.20 bits per heavy atom. The Bertz CT molecular complexity index is 545. The molecule has 0 N–H and O–H groups in total. The van der Waals surface area contributed by atoms with Crippen LogP contribution in [0.1, 0.15) is 58.7 Å². The van der Waals surface area contributed by atoms with E-state index in [1.165, 1.54) is 0 Å². The van der Waals surface area contributed by atoms with Gasteiger partial charge in [-0.15, -0.1) is 0 Å². The van der Waals surface area contributed by atoms with Gasteiger partial charge in [-0.05, 0) is 39.7 Å². The van der Waals surface area contributed by atoms with Crippen LogP contribution in [-0.2, 0) is 9.31 Å². The summed E-state index contributed by atoms with van der Waals surface area (Å²) in [4.78, 5) is 4.41. The third-order valence-electron chi connectivity index (χ3n) is 4.13. The number of nitriles is 1. The summed E-state index contributed by atoms with van der Waals surface area (Å²) in [6.07, 6.45) is 1.75. The van der Waals surface area contributed by atoms with E-state index in [0.29, 0.717) is 5.56 Å². The third-order valence-corrected chi connectivity index (χ3v) is 4.13. The maximum absolute atomic E-state index is 9.27. The van der Waals surface area contributed by atoms with E-state index in [4.69, 9.17) is 9.31 Å². The lowest BCUT2D eigenvalue weighted by Crippen LogP contribution is -2.41. The average molecular weight is 272 g/mol. The number of hydrogen-bond acceptors (Lipinski definition) is 4. The van der Waals surface area contributed by atoms with E-state index < -0.39 is 7.12 Å². The van der Waals surface area contributed by atoms with Crippen molar-refractivity contribution in [2.24, 2.45) is 0 Å². The molecule has 1 aromatic rings. The van der Waals surface area contributed by atoms with E-state index >= 15 is 0 Å². The zero-order chi connectivity index (χ0) is 15.1. The standard InChI is InChI=1S/C15H21BN2O2/c1-10(2)13-11(8-17)7-12(9-18-13)16-19-14(3,4)15(5,6)20-16/h7,9-10H,1-6H3. The van der Waals surface area contributed by atoms with Crippen LogP contribution < -0.4 is 5.46 Å². The molecule has 0 saturated carbocycles. The van der Waals surface area contributed by atoms with Crippen molar-refractivity contribution in [3.05, 3.63) is 23.5 Å². The molecule has 0 radical (unpaired) electrons. The number of hydrogen-bond donors (Lipinski definition) is 0. The second-order valence-corrected chi connectivity index (χ2v) is 6.56. The SMILES string of the molecule is CC(C)c1ncc(B2OC(C)(C)C(C)(C)O2)cc1C#N. The van der Waals surface area contributed by atoms with Crippen LogP contribution in [0.2, 0.25) is 0 Å². The molecule has 4 nitrogen and oxygen atoms in total. The molecule has 1 aromatic heterocycles. The molecule has 0 spiro atoms. The summed E-state index contributed by atoms with van der Waals surface area (Å²) < 4.78 is 12.0. The molecule has 0 aromatic carbocycles. The molecule has 1 aliphatic rings. The molecule has 1 aliphatic heterocycles. The number of pyridine rings is 1. The quantitative estimate of drug-likeness (QED) is 0.775. The van der Waals surface area contributed by atoms with E-state index in [0.717, 1.165) is 11.2 Å². The maximum Gasteiger partial charge on any atom is 0.496 e. The van der Waals surface area contributed by atoms with Crippen LogP contribution >= 0.6 is 0 Å². The smallest absolute Gasteiger partial charge is 0.399 e. The average Bonchev–Trinajstić information content (AvgIpc) is 2.57. The van der Waals surface area contributed by atoms with Gasteiger partial charge in [0, 0.05) is 11.7 Å². The minimum absolute atomic E-state index is 0.219. The van der Waals surface area contributed by atoms with Gasteiger partial charge in [-0.3, -0.25) is 4.98 Å². The zero-order valence-electron chi connectivity index (χ0n) is 13.0. The van der Waals surface area contributed by atoms with Gasteiger partial charge < -0.3 is 9.31 Å². The Kier molecular flexibility index (Phi) is 3.66. The van der Waals surface area contributed by atoms with E-state index in [-0.39, 0.29) is 17.1 Å². The van der Waals surface area contributed by atoms with Crippen LogP contribution in [0.4, 0.5) is 0 Å². The van der Waals surface area contributed by atoms with Crippen molar-refractivity contribution in [2.75, 3.05) is 0 Å². The highest BCUT2D eigenvalue weighted by Crippen LogP contribution is 2.36. The van der Waals surface area contributed by atoms with Gasteiger partial charge in [-0.25, -0.2) is 0 Å². The highest BCUT2D eigenvalue weighted by molar-refractivity contribution is 6.62. The molecule has 0 unspecified atom stereocenters. The highest BCUT2D eigenvalue weighted by atomic mass is 16.7. The monoisotopic (exact) mass is 272 g/mol. The van der Waals surface area contributed by atoms with Gasteiger partial charge in [-0.2, -0.15) is 5.26 Å². The van der Waals surface area contributed by atoms with Gasteiger partial charge in [0.15, 0.2) is 0 Å². The van der Waals surface area contributed by atoms with Crippen LogP contribution in [0.25, 0.3) is 0 Å². The molecule has 5 heteroatoms. The number of aromatic nitrogens is 1. The topological polar surface area (TPSA) is 55.1 Å². The third kappa shape index (κ3) is 2.46. The minimum Gasteiger partial charge on any atom is -0.399 e. The molecule has 20 heavy (non-hydrogen) atoms. The molecule has 2 heterocycles. The van der Waals surface area contributed by atoms with Crippen molar-refractivity contribution in [2.45, 2.75) is 58.7 Å². The van der Waals surface area contributed by atoms with Crippen molar-refractivity contribution in [3.63, 3.8) is 0 Å². The summed E-state index contributed by atoms with van der Waals surface area (Å²) in [5.41, 5.74) is 1.42. The largest absolute Gasteiger partial charge is 0.496 e. The molecule has 1 fully saturated rings. The summed E-state index contributed by atoms with van der Waals surface area (Å²) in [7, 11) is -0.471. The fourth-order valence-electron chi connectivity index (χ4n) is 2.15. The van der Waals surface area contributed by atoms with Crippen molar-refractivity contribution < 1.29 is 9.31 Å². The highest BCUT2D eigenvalue weighted by Gasteiger charge is 2.51. The van der Waals surface area contributed by atoms with Gasteiger partial charge in [0.05, 0.1) is 22.5 Å². The fourth-order valence-corrected chi connectivity index (χ4v) is 2.15. The van der Waals surface area contributed by atoms with Crippen LogP contribution in [0.3, 0.4) is 0 Å². The van der Waals surface area contributed by atoms with Crippen molar-refractivity contribution in [3.8, 4) is 6.07 Å². The van der Waals surface area contributed by atoms with Crippen LogP contribution in [0.15, 0.2) is 12.3 Å². The van der Waals surface area contributed by atoms with Crippen LogP contribution in [0, 0.1) is 11.3 Å². The van der Waals surface area contributed by atoms with Crippen LogP contribution in [0.5, 0.6) is 0 Å². The Labute approximate surface area is 121 Å². The Hall–Kier alpha value is -1.38. The summed E-state index contributed by atoms with van der Waals surface area (Å²) in [5.74, 6) is 0.219. The first-order chi connectivity index (χ1) is 9.18. The molecular formula is C15H21BN2O2. The predicted octanol–water partition coefficient (Wildman–Crippen LogP) is 2.38. The normalized spacial score (nSPS) is 20.2. The van der Waals surface area contributed by atoms with E-state index in [1.807, 2.05) is 47.6 Å². The molecule has 2 rings (SSSR count). The Morgan fingerprint density at radius 1 is 1.20 bits per heavy atom. The molecule has 0 atom stereocenters. The summed E-state index contributed by atoms with van der Waals surface area (Å²) in [6, 6.07) is 4.03. The minimum atomic E-state index is -0.471. The zero-order valence-corrected chi connectivity index (χ0v) is 13.0. The van der Waals surface area contributed by atoms with Gasteiger partial charge in [0.1, 0.15) is 6.07 Å². The molecule has 0 bridgehead atoms. The molecule has 1 saturated heterocycles. The Balaban J connectivity index is 2.35. The summed E-state index contributed by atoms with van der Waals surface area (Å²) in [6.45, 7) is 12.1. The molecule has 106 valence electrons. The predicted molar refractivity (Wildman–Crippen MR) is 78.8 cm³/mol. The first-order valence-electron chi connectivity index (χ1n) is 6.93. The molecule has 0 amide bonds. The van der Waals surface area contributed by atoms with Crippen LogP contribution in [-0.4, -0.2) is 23.3 Å². The second kappa shape index (κ2) is 4.87. The lowest BCUT2D eigenvalue weighted by atomic mass is 9.79. The van der Waals surface area contributed by atoms with E-state index in [2.05, 4.69) is 11.1 Å². The van der Waals surface area contributed by atoms with Crippen molar-refractivity contribution >= 4 is 12.6 Å². The van der Waals surface area contributed by atoms with Gasteiger partial charge in [0.25, 0.3) is 0 Å². The lowest BCUT2D eigenvalue weighted by Gasteiger charge is -2.32. The lowest BCUT2D eigenvalue weighted by molar-refractivity contribution is 0.00578. The first-order valence-corrected chi connectivity index (χ1v) is 6.93. The first kappa shape index (κ1) is 15.0. The summed E-state index contributed by atoms with van der Waals surface area (Å²) >= 11 is 0. The number of nitrogens with zero attached hydrogens (tertiary/aromatic N) is 2. The molecular weight excluding hydrogens is 251 g/mol. The van der Waals surface area contributed by atoms with Crippen molar-refractivity contribution in [1.29, 1.82) is 5.26 Å². The van der Waals surface area contributed by atoms with E-state index in [1.54, 1.807) is 6.20 Å². The number of rotatable bonds is 2. The van der Waals surface area contributed by atoms with E-state index in [9.17, 15) is 5.26 Å².